The van der Waals surface area contributed by atoms with Crippen molar-refractivity contribution in [3.8, 4) is 0 Å². The Balaban J connectivity index is 2.66. The van der Waals surface area contributed by atoms with Crippen LogP contribution < -0.4 is 0 Å². The van der Waals surface area contributed by atoms with Gasteiger partial charge >= 0.3 is 5.91 Å². The first kappa shape index (κ1) is 12.7. The predicted molar refractivity (Wildman–Crippen MR) is 62.3 cm³/mol. The largest absolute Gasteiger partial charge is 0.438 e. The average molecular weight is 224 g/mol. The molecule has 0 saturated heterocycles. The molecule has 0 saturated carbocycles. The number of carbonyl (C=O) groups excluding carboxylic acids is 1. The van der Waals surface area contributed by atoms with Crippen molar-refractivity contribution in [3.63, 3.8) is 0 Å². The standard InChI is InChI=1S/C12H20N2O2/c1-4-6-8-14(7-5-2)12(15)11-13-9-10(3)16-11/h9H,4-8H2,1-3H3. The third kappa shape index (κ3) is 3.36. The van der Waals surface area contributed by atoms with Gasteiger partial charge in [0.25, 0.3) is 5.89 Å². The molecule has 0 N–H and O–H groups in total. The van der Waals surface area contributed by atoms with Crippen molar-refractivity contribution in [2.75, 3.05) is 13.1 Å². The molecule has 0 aromatic carbocycles. The van der Waals surface area contributed by atoms with Gasteiger partial charge < -0.3 is 9.32 Å². The molecule has 1 heterocycles. The van der Waals surface area contributed by atoms with E-state index in [-0.39, 0.29) is 11.8 Å². The van der Waals surface area contributed by atoms with E-state index in [0.29, 0.717) is 5.76 Å². The van der Waals surface area contributed by atoms with Crippen molar-refractivity contribution in [2.24, 2.45) is 0 Å². The number of aromatic nitrogens is 1. The number of rotatable bonds is 6. The lowest BCUT2D eigenvalue weighted by molar-refractivity contribution is 0.0712. The maximum Gasteiger partial charge on any atom is 0.309 e. The highest BCUT2D eigenvalue weighted by molar-refractivity contribution is 5.89. The Hall–Kier alpha value is -1.32. The van der Waals surface area contributed by atoms with Crippen molar-refractivity contribution >= 4 is 5.91 Å². The number of hydrogen-bond donors (Lipinski definition) is 0. The second-order valence-electron chi connectivity index (χ2n) is 3.92. The Bertz CT molecular complexity index is 334. The SMILES string of the molecule is CCCCN(CCC)C(=O)c1ncc(C)o1. The van der Waals surface area contributed by atoms with E-state index < -0.39 is 0 Å². The van der Waals surface area contributed by atoms with Gasteiger partial charge in [-0.2, -0.15) is 0 Å². The molecule has 0 bridgehead atoms. The molecular formula is C12H20N2O2. The fourth-order valence-corrected chi connectivity index (χ4v) is 1.52. The lowest BCUT2D eigenvalue weighted by Gasteiger charge is -2.19. The smallest absolute Gasteiger partial charge is 0.309 e. The molecule has 1 amide bonds. The molecule has 1 aromatic heterocycles. The maximum atomic E-state index is 12.0. The number of aryl methyl sites for hydroxylation is 1. The van der Waals surface area contributed by atoms with Crippen LogP contribution in [0.3, 0.4) is 0 Å². The molecule has 16 heavy (non-hydrogen) atoms. The van der Waals surface area contributed by atoms with Gasteiger partial charge in [-0.3, -0.25) is 4.79 Å². The molecule has 0 aliphatic heterocycles. The van der Waals surface area contributed by atoms with Gasteiger partial charge in [-0.05, 0) is 19.8 Å². The molecule has 4 heteroatoms. The summed E-state index contributed by atoms with van der Waals surface area (Å²) in [5, 5.41) is 0. The van der Waals surface area contributed by atoms with Crippen LogP contribution in [0, 0.1) is 6.92 Å². The minimum absolute atomic E-state index is 0.0941. The number of carbonyl (C=O) groups is 1. The lowest BCUT2D eigenvalue weighted by Crippen LogP contribution is -2.32. The first-order valence-corrected chi connectivity index (χ1v) is 5.90. The van der Waals surface area contributed by atoms with Crippen LogP contribution in [0.1, 0.15) is 49.6 Å². The maximum absolute atomic E-state index is 12.0. The van der Waals surface area contributed by atoms with Crippen LogP contribution in [0.15, 0.2) is 10.6 Å². The van der Waals surface area contributed by atoms with Gasteiger partial charge in [0, 0.05) is 13.1 Å². The zero-order valence-electron chi connectivity index (χ0n) is 10.3. The molecule has 0 fully saturated rings. The van der Waals surface area contributed by atoms with E-state index in [1.807, 2.05) is 4.90 Å². The highest BCUT2D eigenvalue weighted by Gasteiger charge is 2.19. The second-order valence-corrected chi connectivity index (χ2v) is 3.92. The van der Waals surface area contributed by atoms with Crippen molar-refractivity contribution in [1.29, 1.82) is 0 Å². The number of nitrogens with zero attached hydrogens (tertiary/aromatic N) is 2. The van der Waals surface area contributed by atoms with Crippen molar-refractivity contribution in [2.45, 2.75) is 40.0 Å². The van der Waals surface area contributed by atoms with Crippen LogP contribution in [-0.2, 0) is 0 Å². The van der Waals surface area contributed by atoms with Gasteiger partial charge in [0.05, 0.1) is 6.20 Å². The Kier molecular flexibility index (Phi) is 5.02. The Morgan fingerprint density at radius 3 is 2.62 bits per heavy atom. The summed E-state index contributed by atoms with van der Waals surface area (Å²) in [5.41, 5.74) is 0. The summed E-state index contributed by atoms with van der Waals surface area (Å²) in [5.74, 6) is 0.792. The van der Waals surface area contributed by atoms with Gasteiger partial charge in [0.15, 0.2) is 0 Å². The zero-order valence-corrected chi connectivity index (χ0v) is 10.3. The summed E-state index contributed by atoms with van der Waals surface area (Å²) in [6.07, 6.45) is 4.63. The first-order valence-electron chi connectivity index (χ1n) is 5.90. The highest BCUT2D eigenvalue weighted by Crippen LogP contribution is 2.07. The first-order chi connectivity index (χ1) is 7.69. The fraction of sp³-hybridized carbons (Fsp3) is 0.667. The molecule has 1 rings (SSSR count). The Morgan fingerprint density at radius 1 is 1.38 bits per heavy atom. The van der Waals surface area contributed by atoms with Crippen LogP contribution >= 0.6 is 0 Å². The van der Waals surface area contributed by atoms with Gasteiger partial charge in [-0.25, -0.2) is 4.98 Å². The van der Waals surface area contributed by atoms with E-state index in [1.54, 1.807) is 13.1 Å². The molecule has 0 radical (unpaired) electrons. The average Bonchev–Trinajstić information content (AvgIpc) is 2.70. The van der Waals surface area contributed by atoms with E-state index in [0.717, 1.165) is 32.4 Å². The Morgan fingerprint density at radius 2 is 2.12 bits per heavy atom. The summed E-state index contributed by atoms with van der Waals surface area (Å²) in [6.45, 7) is 7.52. The predicted octanol–water partition coefficient (Wildman–Crippen LogP) is 2.64. The van der Waals surface area contributed by atoms with Crippen LogP contribution in [-0.4, -0.2) is 28.9 Å². The van der Waals surface area contributed by atoms with Gasteiger partial charge in [0.1, 0.15) is 5.76 Å². The molecule has 90 valence electrons. The van der Waals surface area contributed by atoms with Crippen LogP contribution in [0.2, 0.25) is 0 Å². The molecule has 0 aliphatic carbocycles. The number of oxazole rings is 1. The topological polar surface area (TPSA) is 46.3 Å². The minimum atomic E-state index is -0.0941. The van der Waals surface area contributed by atoms with E-state index in [4.69, 9.17) is 4.42 Å². The molecule has 1 aromatic rings. The lowest BCUT2D eigenvalue weighted by atomic mass is 10.3. The van der Waals surface area contributed by atoms with Crippen LogP contribution in [0.5, 0.6) is 0 Å². The van der Waals surface area contributed by atoms with E-state index in [9.17, 15) is 4.79 Å². The zero-order chi connectivity index (χ0) is 12.0. The monoisotopic (exact) mass is 224 g/mol. The molecule has 0 atom stereocenters. The molecule has 4 nitrogen and oxygen atoms in total. The van der Waals surface area contributed by atoms with Crippen LogP contribution in [0.25, 0.3) is 0 Å². The van der Waals surface area contributed by atoms with E-state index >= 15 is 0 Å². The molecule has 0 unspecified atom stereocenters. The third-order valence-electron chi connectivity index (χ3n) is 2.37. The van der Waals surface area contributed by atoms with Crippen molar-refractivity contribution < 1.29 is 9.21 Å². The number of amides is 1. The van der Waals surface area contributed by atoms with E-state index in [2.05, 4.69) is 18.8 Å². The third-order valence-corrected chi connectivity index (χ3v) is 2.37. The normalized spacial score (nSPS) is 10.4. The van der Waals surface area contributed by atoms with Gasteiger partial charge in [-0.1, -0.05) is 20.3 Å². The van der Waals surface area contributed by atoms with Crippen molar-refractivity contribution in [1.82, 2.24) is 9.88 Å². The van der Waals surface area contributed by atoms with Gasteiger partial charge in [-0.15, -0.1) is 0 Å². The van der Waals surface area contributed by atoms with Crippen molar-refractivity contribution in [3.05, 3.63) is 17.8 Å². The highest BCUT2D eigenvalue weighted by atomic mass is 16.4. The Labute approximate surface area is 96.7 Å². The molecule has 0 spiro atoms. The summed E-state index contributed by atoms with van der Waals surface area (Å²) in [6, 6.07) is 0. The number of hydrogen-bond acceptors (Lipinski definition) is 3. The number of unbranched alkanes of at least 4 members (excludes halogenated alkanes) is 1. The van der Waals surface area contributed by atoms with E-state index in [1.165, 1.54) is 0 Å². The molecule has 0 aliphatic rings. The summed E-state index contributed by atoms with van der Waals surface area (Å²) < 4.78 is 5.25. The van der Waals surface area contributed by atoms with Gasteiger partial charge in [0.2, 0.25) is 0 Å². The van der Waals surface area contributed by atoms with Crippen LogP contribution in [0.4, 0.5) is 0 Å². The molecular weight excluding hydrogens is 204 g/mol. The summed E-state index contributed by atoms with van der Waals surface area (Å²) >= 11 is 0. The summed E-state index contributed by atoms with van der Waals surface area (Å²) in [7, 11) is 0. The minimum Gasteiger partial charge on any atom is -0.438 e. The second kappa shape index (κ2) is 6.30. The fourth-order valence-electron chi connectivity index (χ4n) is 1.52. The summed E-state index contributed by atoms with van der Waals surface area (Å²) in [4.78, 5) is 17.8. The quantitative estimate of drug-likeness (QED) is 0.746.